The lowest BCUT2D eigenvalue weighted by atomic mass is 10.2. The van der Waals surface area contributed by atoms with Crippen LogP contribution in [0.3, 0.4) is 0 Å². The Hall–Kier alpha value is -1.13. The average Bonchev–Trinajstić information content (AvgIpc) is 2.29. The number of amides is 1. The monoisotopic (exact) mass is 245 g/mol. The van der Waals surface area contributed by atoms with E-state index in [2.05, 4.69) is 5.32 Å². The summed E-state index contributed by atoms with van der Waals surface area (Å²) in [6.07, 6.45) is 0. The number of carbonyl (C=O) groups excluding carboxylic acids is 1. The van der Waals surface area contributed by atoms with Crippen LogP contribution in [0.5, 0.6) is 0 Å². The van der Waals surface area contributed by atoms with Crippen LogP contribution in [0.25, 0.3) is 0 Å². The van der Waals surface area contributed by atoms with E-state index in [-0.39, 0.29) is 11.7 Å². The maximum Gasteiger partial charge on any atom is 0.251 e. The second-order valence-electron chi connectivity index (χ2n) is 3.06. The van der Waals surface area contributed by atoms with Crippen LogP contribution in [0, 0.1) is 5.82 Å². The summed E-state index contributed by atoms with van der Waals surface area (Å²) in [6, 6.07) is 5.37. The molecule has 0 saturated carbocycles. The van der Waals surface area contributed by atoms with Gasteiger partial charge in [0.2, 0.25) is 0 Å². The van der Waals surface area contributed by atoms with E-state index in [1.165, 1.54) is 24.3 Å². The fourth-order valence-electron chi connectivity index (χ4n) is 1.10. The van der Waals surface area contributed by atoms with Gasteiger partial charge >= 0.3 is 0 Å². The Kier molecular flexibility index (Phi) is 5.82. The first-order valence-corrected chi connectivity index (χ1v) is 5.45. The SMILES string of the molecule is O=C(NCCOCCCl)c1ccc(F)cc1. The fraction of sp³-hybridized carbons (Fsp3) is 0.364. The highest BCUT2D eigenvalue weighted by molar-refractivity contribution is 6.17. The van der Waals surface area contributed by atoms with E-state index in [9.17, 15) is 9.18 Å². The van der Waals surface area contributed by atoms with Gasteiger partial charge in [0.25, 0.3) is 5.91 Å². The zero-order valence-corrected chi connectivity index (χ0v) is 9.47. The normalized spacial score (nSPS) is 10.1. The maximum absolute atomic E-state index is 12.6. The number of halogens is 2. The lowest BCUT2D eigenvalue weighted by Gasteiger charge is -2.05. The minimum Gasteiger partial charge on any atom is -0.378 e. The third kappa shape index (κ3) is 4.59. The van der Waals surface area contributed by atoms with E-state index in [0.717, 1.165) is 0 Å². The summed E-state index contributed by atoms with van der Waals surface area (Å²) in [4.78, 5) is 11.5. The number of rotatable bonds is 6. The first-order valence-electron chi connectivity index (χ1n) is 4.91. The number of nitrogens with one attached hydrogen (secondary N) is 1. The van der Waals surface area contributed by atoms with Crippen LogP contribution < -0.4 is 5.32 Å². The quantitative estimate of drug-likeness (QED) is 0.613. The zero-order valence-electron chi connectivity index (χ0n) is 8.71. The molecule has 5 heteroatoms. The Balaban J connectivity index is 2.27. The van der Waals surface area contributed by atoms with E-state index in [1.807, 2.05) is 0 Å². The number of hydrogen-bond acceptors (Lipinski definition) is 2. The minimum absolute atomic E-state index is 0.241. The molecule has 1 rings (SSSR count). The molecule has 3 nitrogen and oxygen atoms in total. The van der Waals surface area contributed by atoms with Crippen molar-refractivity contribution >= 4 is 17.5 Å². The van der Waals surface area contributed by atoms with Gasteiger partial charge < -0.3 is 10.1 Å². The molecule has 0 fully saturated rings. The highest BCUT2D eigenvalue weighted by Gasteiger charge is 2.03. The largest absolute Gasteiger partial charge is 0.378 e. The maximum atomic E-state index is 12.6. The van der Waals surface area contributed by atoms with Crippen LogP contribution in [0.4, 0.5) is 4.39 Å². The van der Waals surface area contributed by atoms with Crippen LogP contribution in [-0.2, 0) is 4.74 Å². The van der Waals surface area contributed by atoms with Crippen molar-refractivity contribution in [3.05, 3.63) is 35.6 Å². The Morgan fingerprint density at radius 2 is 2.00 bits per heavy atom. The molecule has 0 bridgehead atoms. The third-order valence-corrected chi connectivity index (χ3v) is 2.01. The highest BCUT2D eigenvalue weighted by atomic mass is 35.5. The molecule has 0 aliphatic heterocycles. The molecule has 0 atom stereocenters. The second kappa shape index (κ2) is 7.19. The van der Waals surface area contributed by atoms with E-state index < -0.39 is 0 Å². The second-order valence-corrected chi connectivity index (χ2v) is 3.44. The van der Waals surface area contributed by atoms with Crippen molar-refractivity contribution < 1.29 is 13.9 Å². The molecule has 1 amide bonds. The van der Waals surface area contributed by atoms with E-state index in [4.69, 9.17) is 16.3 Å². The number of alkyl halides is 1. The van der Waals surface area contributed by atoms with E-state index >= 15 is 0 Å². The summed E-state index contributed by atoms with van der Waals surface area (Å²) in [5, 5.41) is 2.65. The summed E-state index contributed by atoms with van der Waals surface area (Å²) in [5.41, 5.74) is 0.429. The molecule has 16 heavy (non-hydrogen) atoms. The van der Waals surface area contributed by atoms with Crippen molar-refractivity contribution in [3.8, 4) is 0 Å². The fourth-order valence-corrected chi connectivity index (χ4v) is 1.21. The van der Waals surface area contributed by atoms with Gasteiger partial charge in [-0.1, -0.05) is 0 Å². The first-order chi connectivity index (χ1) is 7.74. The molecule has 0 aliphatic rings. The van der Waals surface area contributed by atoms with Gasteiger partial charge in [-0.15, -0.1) is 11.6 Å². The molecule has 0 heterocycles. The Bertz CT molecular complexity index is 329. The Morgan fingerprint density at radius 3 is 2.62 bits per heavy atom. The van der Waals surface area contributed by atoms with E-state index in [1.54, 1.807) is 0 Å². The molecule has 88 valence electrons. The van der Waals surface area contributed by atoms with Gasteiger partial charge in [-0.05, 0) is 24.3 Å². The number of carbonyl (C=O) groups is 1. The smallest absolute Gasteiger partial charge is 0.251 e. The topological polar surface area (TPSA) is 38.3 Å². The van der Waals surface area contributed by atoms with Crippen LogP contribution >= 0.6 is 11.6 Å². The van der Waals surface area contributed by atoms with Crippen molar-refractivity contribution in [2.75, 3.05) is 25.6 Å². The summed E-state index contributed by atoms with van der Waals surface area (Å²) < 4.78 is 17.7. The summed E-state index contributed by atoms with van der Waals surface area (Å²) in [6.45, 7) is 1.29. The minimum atomic E-state index is -0.359. The van der Waals surface area contributed by atoms with Gasteiger partial charge in [0, 0.05) is 18.0 Å². The predicted octanol–water partition coefficient (Wildman–Crippen LogP) is 1.81. The molecule has 0 radical (unpaired) electrons. The third-order valence-electron chi connectivity index (χ3n) is 1.86. The lowest BCUT2D eigenvalue weighted by molar-refractivity contribution is 0.0923. The van der Waals surface area contributed by atoms with Crippen molar-refractivity contribution in [3.63, 3.8) is 0 Å². The van der Waals surface area contributed by atoms with Crippen molar-refractivity contribution in [1.29, 1.82) is 0 Å². The summed E-state index contributed by atoms with van der Waals surface area (Å²) in [5.74, 6) is -0.164. The summed E-state index contributed by atoms with van der Waals surface area (Å²) in [7, 11) is 0. The van der Waals surface area contributed by atoms with Gasteiger partial charge in [-0.25, -0.2) is 4.39 Å². The highest BCUT2D eigenvalue weighted by Crippen LogP contribution is 2.01. The molecule has 1 aromatic rings. The predicted molar refractivity (Wildman–Crippen MR) is 60.3 cm³/mol. The van der Waals surface area contributed by atoms with Crippen molar-refractivity contribution in [2.24, 2.45) is 0 Å². The van der Waals surface area contributed by atoms with Crippen molar-refractivity contribution in [2.45, 2.75) is 0 Å². The molecule has 1 aromatic carbocycles. The Labute approximate surface area is 98.5 Å². The van der Waals surface area contributed by atoms with Gasteiger partial charge in [-0.2, -0.15) is 0 Å². The van der Waals surface area contributed by atoms with Crippen LogP contribution in [0.1, 0.15) is 10.4 Å². The molecule has 0 unspecified atom stereocenters. The number of hydrogen-bond donors (Lipinski definition) is 1. The number of ether oxygens (including phenoxy) is 1. The van der Waals surface area contributed by atoms with Crippen LogP contribution in [0.15, 0.2) is 24.3 Å². The van der Waals surface area contributed by atoms with Gasteiger partial charge in [-0.3, -0.25) is 4.79 Å². The van der Waals surface area contributed by atoms with Gasteiger partial charge in [0.1, 0.15) is 5.82 Å². The average molecular weight is 246 g/mol. The first kappa shape index (κ1) is 12.9. The molecular formula is C11H13ClFNO2. The molecule has 0 aromatic heterocycles. The molecule has 1 N–H and O–H groups in total. The van der Waals surface area contributed by atoms with Crippen LogP contribution in [-0.4, -0.2) is 31.5 Å². The van der Waals surface area contributed by atoms with Gasteiger partial charge in [0.15, 0.2) is 0 Å². The van der Waals surface area contributed by atoms with E-state index in [0.29, 0.717) is 31.2 Å². The molecule has 0 saturated heterocycles. The number of benzene rings is 1. The standard InChI is InChI=1S/C11H13ClFNO2/c12-5-7-16-8-6-14-11(15)9-1-3-10(13)4-2-9/h1-4H,5-8H2,(H,14,15). The summed E-state index contributed by atoms with van der Waals surface area (Å²) >= 11 is 5.41. The molecule has 0 spiro atoms. The van der Waals surface area contributed by atoms with Gasteiger partial charge in [0.05, 0.1) is 13.2 Å². The lowest BCUT2D eigenvalue weighted by Crippen LogP contribution is -2.27. The van der Waals surface area contributed by atoms with Crippen LogP contribution in [0.2, 0.25) is 0 Å². The Morgan fingerprint density at radius 1 is 1.31 bits per heavy atom. The molecular weight excluding hydrogens is 233 g/mol. The zero-order chi connectivity index (χ0) is 11.8. The van der Waals surface area contributed by atoms with Crippen molar-refractivity contribution in [1.82, 2.24) is 5.32 Å². The molecule has 0 aliphatic carbocycles.